The van der Waals surface area contributed by atoms with Gasteiger partial charge in [0.1, 0.15) is 23.5 Å². The first-order valence-corrected chi connectivity index (χ1v) is 11.7. The summed E-state index contributed by atoms with van der Waals surface area (Å²) in [6, 6.07) is 12.3. The number of aliphatic carboxylic acids is 1. The normalized spacial score (nSPS) is 20.0. The molecule has 4 rings (SSSR count). The number of esters is 1. The van der Waals surface area contributed by atoms with Gasteiger partial charge in [-0.2, -0.15) is 0 Å². The zero-order valence-electron chi connectivity index (χ0n) is 20.6. The zero-order valence-corrected chi connectivity index (χ0v) is 20.6. The van der Waals surface area contributed by atoms with Gasteiger partial charge in [0.05, 0.1) is 32.1 Å². The Labute approximate surface area is 213 Å². The molecule has 1 aliphatic heterocycles. The highest BCUT2D eigenvalue weighted by atomic mass is 16.5. The molecule has 1 atom stereocenters. The molecule has 1 aliphatic carbocycles. The molecule has 37 heavy (non-hydrogen) atoms. The Morgan fingerprint density at radius 3 is 1.95 bits per heavy atom. The second kappa shape index (κ2) is 9.70. The first-order valence-electron chi connectivity index (χ1n) is 11.7. The van der Waals surface area contributed by atoms with Crippen molar-refractivity contribution in [3.8, 4) is 11.5 Å². The van der Waals surface area contributed by atoms with Crippen LogP contribution in [0.1, 0.15) is 42.1 Å². The molecule has 10 heteroatoms. The number of hydrogen-bond donors (Lipinski definition) is 2. The van der Waals surface area contributed by atoms with Crippen molar-refractivity contribution in [3.05, 3.63) is 65.2 Å². The standard InChI is InChI=1S/C27H27NO9/c1-4-37-20(29)15-27(34)24(31)21(23(30)17-7-11-19(36-3)12-8-17)22(16-5-9-18(35-2)10-6-16)28(27)26(13-14-26)25(32)33/h5-12,34H,4,13-15H2,1-3H3,(H,32,33). The summed E-state index contributed by atoms with van der Waals surface area (Å²) < 4.78 is 15.3. The molecule has 1 saturated carbocycles. The molecule has 0 bridgehead atoms. The minimum absolute atomic E-state index is 0.0103. The molecular formula is C27H27NO9. The highest BCUT2D eigenvalue weighted by molar-refractivity contribution is 6.34. The number of ether oxygens (including phenoxy) is 3. The predicted octanol–water partition coefficient (Wildman–Crippen LogP) is 2.44. The lowest BCUT2D eigenvalue weighted by atomic mass is 9.93. The highest BCUT2D eigenvalue weighted by Gasteiger charge is 2.68. The maximum Gasteiger partial charge on any atom is 0.329 e. The van der Waals surface area contributed by atoms with E-state index in [9.17, 15) is 29.4 Å². The van der Waals surface area contributed by atoms with Crippen LogP contribution in [-0.4, -0.2) is 70.7 Å². The van der Waals surface area contributed by atoms with E-state index < -0.39 is 46.8 Å². The van der Waals surface area contributed by atoms with Crippen LogP contribution in [-0.2, 0) is 19.1 Å². The van der Waals surface area contributed by atoms with Crippen molar-refractivity contribution in [1.82, 2.24) is 4.90 Å². The van der Waals surface area contributed by atoms with E-state index in [2.05, 4.69) is 0 Å². The fraction of sp³-hybridized carbons (Fsp3) is 0.333. The Bertz CT molecular complexity index is 1280. The molecule has 2 aliphatic rings. The number of hydrogen-bond acceptors (Lipinski definition) is 9. The summed E-state index contributed by atoms with van der Waals surface area (Å²) in [6.45, 7) is 1.55. The molecule has 0 amide bonds. The fourth-order valence-electron chi connectivity index (χ4n) is 4.62. The maximum atomic E-state index is 13.9. The minimum atomic E-state index is -2.64. The zero-order chi connectivity index (χ0) is 27.0. The molecule has 1 unspecified atom stereocenters. The molecule has 1 heterocycles. The lowest BCUT2D eigenvalue weighted by Gasteiger charge is -2.39. The van der Waals surface area contributed by atoms with E-state index in [4.69, 9.17) is 14.2 Å². The number of ketones is 2. The third-order valence-electron chi connectivity index (χ3n) is 6.61. The highest BCUT2D eigenvalue weighted by Crippen LogP contribution is 2.55. The number of methoxy groups -OCH3 is 2. The number of Topliss-reactive ketones (excluding diaryl/α,β-unsaturated/α-hetero) is 2. The molecule has 0 spiro atoms. The first kappa shape index (κ1) is 25.9. The number of carboxylic acids is 1. The monoisotopic (exact) mass is 509 g/mol. The minimum Gasteiger partial charge on any atom is -0.497 e. The molecule has 2 aromatic rings. The van der Waals surface area contributed by atoms with Crippen molar-refractivity contribution < 1.29 is 43.6 Å². The van der Waals surface area contributed by atoms with E-state index in [1.54, 1.807) is 43.3 Å². The summed E-state index contributed by atoms with van der Waals surface area (Å²) in [5, 5.41) is 21.9. The van der Waals surface area contributed by atoms with Gasteiger partial charge in [-0.15, -0.1) is 0 Å². The van der Waals surface area contributed by atoms with Gasteiger partial charge in [0.2, 0.25) is 11.5 Å². The largest absolute Gasteiger partial charge is 0.497 e. The van der Waals surface area contributed by atoms with Gasteiger partial charge in [0, 0.05) is 5.56 Å². The van der Waals surface area contributed by atoms with Crippen molar-refractivity contribution in [2.45, 2.75) is 37.5 Å². The van der Waals surface area contributed by atoms with Crippen LogP contribution < -0.4 is 9.47 Å². The van der Waals surface area contributed by atoms with Crippen molar-refractivity contribution in [2.75, 3.05) is 20.8 Å². The van der Waals surface area contributed by atoms with E-state index in [1.165, 1.54) is 26.4 Å². The molecule has 10 nitrogen and oxygen atoms in total. The lowest BCUT2D eigenvalue weighted by molar-refractivity contribution is -0.173. The Morgan fingerprint density at radius 2 is 1.49 bits per heavy atom. The molecule has 0 aromatic heterocycles. The number of nitrogens with zero attached hydrogens (tertiary/aromatic N) is 1. The second-order valence-corrected chi connectivity index (χ2v) is 8.81. The predicted molar refractivity (Wildman–Crippen MR) is 130 cm³/mol. The topological polar surface area (TPSA) is 140 Å². The quantitative estimate of drug-likeness (QED) is 0.279. The van der Waals surface area contributed by atoms with Gasteiger partial charge in [-0.1, -0.05) is 0 Å². The van der Waals surface area contributed by atoms with Crippen LogP contribution in [0.3, 0.4) is 0 Å². The van der Waals surface area contributed by atoms with Gasteiger partial charge in [-0.25, -0.2) is 4.79 Å². The molecule has 2 N–H and O–H groups in total. The summed E-state index contributed by atoms with van der Waals surface area (Å²) >= 11 is 0. The van der Waals surface area contributed by atoms with Gasteiger partial charge in [0.25, 0.3) is 0 Å². The smallest absolute Gasteiger partial charge is 0.329 e. The Balaban J connectivity index is 1.96. The Morgan fingerprint density at radius 1 is 0.946 bits per heavy atom. The molecule has 0 radical (unpaired) electrons. The van der Waals surface area contributed by atoms with Crippen molar-refractivity contribution in [3.63, 3.8) is 0 Å². The molecular weight excluding hydrogens is 482 g/mol. The van der Waals surface area contributed by atoms with Crippen LogP contribution >= 0.6 is 0 Å². The van der Waals surface area contributed by atoms with Crippen LogP contribution in [0.2, 0.25) is 0 Å². The second-order valence-electron chi connectivity index (χ2n) is 8.81. The van der Waals surface area contributed by atoms with Crippen molar-refractivity contribution >= 4 is 29.2 Å². The Kier molecular flexibility index (Phi) is 6.79. The Hall–Kier alpha value is -4.18. The number of aliphatic hydroxyl groups is 1. The van der Waals surface area contributed by atoms with Gasteiger partial charge in [-0.3, -0.25) is 14.4 Å². The molecule has 1 fully saturated rings. The van der Waals surface area contributed by atoms with Gasteiger partial charge >= 0.3 is 11.9 Å². The average Bonchev–Trinajstić information content (AvgIpc) is 3.66. The number of carbonyl (C=O) groups excluding carboxylic acids is 3. The SMILES string of the molecule is CCOC(=O)CC1(O)C(=O)C(C(=O)c2ccc(OC)cc2)=C(c2ccc(OC)cc2)N1C1(C(=O)O)CC1. The summed E-state index contributed by atoms with van der Waals surface area (Å²) in [4.78, 5) is 53.7. The number of benzene rings is 2. The third kappa shape index (κ3) is 4.33. The van der Waals surface area contributed by atoms with Crippen molar-refractivity contribution in [1.29, 1.82) is 0 Å². The summed E-state index contributed by atoms with van der Waals surface area (Å²) in [6.07, 6.45) is -0.650. The summed E-state index contributed by atoms with van der Waals surface area (Å²) in [5.74, 6) is -3.01. The fourth-order valence-corrected chi connectivity index (χ4v) is 4.62. The van der Waals surface area contributed by atoms with Gasteiger partial charge < -0.3 is 29.3 Å². The lowest BCUT2D eigenvalue weighted by Crippen LogP contribution is -2.58. The maximum absolute atomic E-state index is 13.9. The molecule has 0 saturated heterocycles. The van der Waals surface area contributed by atoms with Gasteiger partial charge in [-0.05, 0) is 73.9 Å². The van der Waals surface area contributed by atoms with Crippen molar-refractivity contribution in [2.24, 2.45) is 0 Å². The summed E-state index contributed by atoms with van der Waals surface area (Å²) in [5.41, 5.74) is -4.40. The van der Waals surface area contributed by atoms with E-state index >= 15 is 0 Å². The van der Waals surface area contributed by atoms with E-state index in [0.29, 0.717) is 17.1 Å². The van der Waals surface area contributed by atoms with Crippen LogP contribution in [0.4, 0.5) is 0 Å². The summed E-state index contributed by atoms with van der Waals surface area (Å²) in [7, 11) is 2.94. The third-order valence-corrected chi connectivity index (χ3v) is 6.61. The van der Waals surface area contributed by atoms with E-state index in [1.807, 2.05) is 0 Å². The molecule has 2 aromatic carbocycles. The number of carboxylic acid groups (broad SMARTS) is 1. The van der Waals surface area contributed by atoms with Crippen LogP contribution in [0.15, 0.2) is 54.1 Å². The van der Waals surface area contributed by atoms with Crippen LogP contribution in [0, 0.1) is 0 Å². The average molecular weight is 510 g/mol. The molecule has 194 valence electrons. The van der Waals surface area contributed by atoms with E-state index in [0.717, 1.165) is 4.90 Å². The van der Waals surface area contributed by atoms with E-state index in [-0.39, 0.29) is 30.7 Å². The number of rotatable bonds is 10. The van der Waals surface area contributed by atoms with Crippen LogP contribution in [0.25, 0.3) is 5.70 Å². The first-order chi connectivity index (χ1) is 17.6. The number of carbonyl (C=O) groups is 4. The van der Waals surface area contributed by atoms with Crippen LogP contribution in [0.5, 0.6) is 11.5 Å². The van der Waals surface area contributed by atoms with Gasteiger partial charge in [0.15, 0.2) is 5.78 Å².